The second-order valence-electron chi connectivity index (χ2n) is 5.63. The highest BCUT2D eigenvalue weighted by molar-refractivity contribution is 5.94. The number of ether oxygens (including phenoxy) is 2. The van der Waals surface area contributed by atoms with E-state index in [0.29, 0.717) is 42.1 Å². The minimum atomic E-state index is 0.0322. The van der Waals surface area contributed by atoms with E-state index in [1.807, 2.05) is 6.07 Å². The molecule has 0 aromatic heterocycles. The molecular formula is C16H24O3. The molecule has 3 nitrogen and oxygen atoms in total. The van der Waals surface area contributed by atoms with Crippen LogP contribution in [0.2, 0.25) is 0 Å². The van der Waals surface area contributed by atoms with Crippen LogP contribution in [0.1, 0.15) is 45.0 Å². The van der Waals surface area contributed by atoms with Crippen LogP contribution in [-0.4, -0.2) is 19.0 Å². The van der Waals surface area contributed by atoms with E-state index >= 15 is 0 Å². The largest absolute Gasteiger partial charge is 0.489 e. The summed E-state index contributed by atoms with van der Waals surface area (Å²) in [7, 11) is 0. The van der Waals surface area contributed by atoms with Gasteiger partial charge in [-0.1, -0.05) is 27.7 Å². The topological polar surface area (TPSA) is 35.5 Å². The maximum absolute atomic E-state index is 11.4. The van der Waals surface area contributed by atoms with E-state index in [2.05, 4.69) is 27.7 Å². The van der Waals surface area contributed by atoms with Crippen LogP contribution in [0.25, 0.3) is 0 Å². The standard InChI is InChI=1S/C16H24O3/c1-11(2)9-18-15-7-6-14(13(5)17)8-16(15)19-10-12(3)4/h6-8,11-12H,9-10H2,1-5H3. The monoisotopic (exact) mass is 264 g/mol. The van der Waals surface area contributed by atoms with E-state index in [1.54, 1.807) is 19.1 Å². The highest BCUT2D eigenvalue weighted by Gasteiger charge is 2.10. The van der Waals surface area contributed by atoms with Gasteiger partial charge in [0.25, 0.3) is 0 Å². The van der Waals surface area contributed by atoms with E-state index in [9.17, 15) is 4.79 Å². The van der Waals surface area contributed by atoms with Crippen LogP contribution in [0.3, 0.4) is 0 Å². The Morgan fingerprint density at radius 1 is 1.00 bits per heavy atom. The number of Topliss-reactive ketones (excluding diaryl/α,β-unsaturated/α-hetero) is 1. The van der Waals surface area contributed by atoms with E-state index in [0.717, 1.165) is 0 Å². The Kier molecular flexibility index (Phi) is 5.87. The quantitative estimate of drug-likeness (QED) is 0.699. The molecule has 0 aliphatic rings. The average molecular weight is 264 g/mol. The number of hydrogen-bond donors (Lipinski definition) is 0. The highest BCUT2D eigenvalue weighted by Crippen LogP contribution is 2.29. The van der Waals surface area contributed by atoms with Crippen molar-refractivity contribution < 1.29 is 14.3 Å². The Morgan fingerprint density at radius 3 is 2.00 bits per heavy atom. The van der Waals surface area contributed by atoms with Crippen LogP contribution in [0, 0.1) is 11.8 Å². The maximum atomic E-state index is 11.4. The molecule has 1 aromatic carbocycles. The summed E-state index contributed by atoms with van der Waals surface area (Å²) < 4.78 is 11.5. The molecule has 0 bridgehead atoms. The van der Waals surface area contributed by atoms with E-state index < -0.39 is 0 Å². The van der Waals surface area contributed by atoms with Crippen molar-refractivity contribution in [3.05, 3.63) is 23.8 Å². The molecule has 19 heavy (non-hydrogen) atoms. The molecule has 0 spiro atoms. The molecule has 106 valence electrons. The molecule has 1 rings (SSSR count). The fourth-order valence-corrected chi connectivity index (χ4v) is 1.47. The first-order valence-electron chi connectivity index (χ1n) is 6.80. The molecule has 0 saturated carbocycles. The summed E-state index contributed by atoms with van der Waals surface area (Å²) in [6.45, 7) is 11.2. The lowest BCUT2D eigenvalue weighted by Crippen LogP contribution is -2.09. The first-order valence-corrected chi connectivity index (χ1v) is 6.80. The third kappa shape index (κ3) is 5.33. The number of ketones is 1. The van der Waals surface area contributed by atoms with Gasteiger partial charge in [-0.05, 0) is 37.0 Å². The maximum Gasteiger partial charge on any atom is 0.161 e. The lowest BCUT2D eigenvalue weighted by molar-refractivity contribution is 0.101. The lowest BCUT2D eigenvalue weighted by atomic mass is 10.1. The number of rotatable bonds is 7. The number of hydrogen-bond acceptors (Lipinski definition) is 3. The number of carbonyl (C=O) groups excluding carboxylic acids is 1. The van der Waals surface area contributed by atoms with Crippen molar-refractivity contribution in [3.63, 3.8) is 0 Å². The summed E-state index contributed by atoms with van der Waals surface area (Å²) in [5.74, 6) is 2.27. The van der Waals surface area contributed by atoms with Gasteiger partial charge in [0.2, 0.25) is 0 Å². The molecule has 0 aliphatic heterocycles. The van der Waals surface area contributed by atoms with Gasteiger partial charge >= 0.3 is 0 Å². The first-order chi connectivity index (χ1) is 8.90. The van der Waals surface area contributed by atoms with E-state index in [1.165, 1.54) is 0 Å². The lowest BCUT2D eigenvalue weighted by Gasteiger charge is -2.16. The van der Waals surface area contributed by atoms with Crippen molar-refractivity contribution in [2.24, 2.45) is 11.8 Å². The van der Waals surface area contributed by atoms with Crippen LogP contribution in [-0.2, 0) is 0 Å². The van der Waals surface area contributed by atoms with Crippen LogP contribution < -0.4 is 9.47 Å². The predicted octanol–water partition coefficient (Wildman–Crippen LogP) is 3.96. The minimum Gasteiger partial charge on any atom is -0.489 e. The molecule has 0 radical (unpaired) electrons. The van der Waals surface area contributed by atoms with Crippen molar-refractivity contribution in [3.8, 4) is 11.5 Å². The summed E-state index contributed by atoms with van der Waals surface area (Å²) in [6.07, 6.45) is 0. The van der Waals surface area contributed by atoms with Gasteiger partial charge in [0.1, 0.15) is 0 Å². The minimum absolute atomic E-state index is 0.0322. The SMILES string of the molecule is CC(=O)c1ccc(OCC(C)C)c(OCC(C)C)c1. The Balaban J connectivity index is 2.90. The van der Waals surface area contributed by atoms with E-state index in [-0.39, 0.29) is 5.78 Å². The van der Waals surface area contributed by atoms with Gasteiger partial charge in [0.15, 0.2) is 17.3 Å². The van der Waals surface area contributed by atoms with Gasteiger partial charge in [-0.2, -0.15) is 0 Å². The summed E-state index contributed by atoms with van der Waals surface area (Å²) >= 11 is 0. The Morgan fingerprint density at radius 2 is 1.53 bits per heavy atom. The molecule has 1 aromatic rings. The normalized spacial score (nSPS) is 10.9. The smallest absolute Gasteiger partial charge is 0.161 e. The second-order valence-corrected chi connectivity index (χ2v) is 5.63. The third-order valence-corrected chi connectivity index (χ3v) is 2.49. The van der Waals surface area contributed by atoms with Gasteiger partial charge in [0.05, 0.1) is 13.2 Å². The fourth-order valence-electron chi connectivity index (χ4n) is 1.47. The third-order valence-electron chi connectivity index (χ3n) is 2.49. The van der Waals surface area contributed by atoms with Crippen LogP contribution >= 0.6 is 0 Å². The molecule has 0 saturated heterocycles. The molecule has 0 N–H and O–H groups in total. The van der Waals surface area contributed by atoms with E-state index in [4.69, 9.17) is 9.47 Å². The molecule has 0 heterocycles. The summed E-state index contributed by atoms with van der Waals surface area (Å²) in [6, 6.07) is 5.36. The fraction of sp³-hybridized carbons (Fsp3) is 0.562. The van der Waals surface area contributed by atoms with Gasteiger partial charge in [-0.25, -0.2) is 0 Å². The molecule has 0 aliphatic carbocycles. The molecular weight excluding hydrogens is 240 g/mol. The number of carbonyl (C=O) groups is 1. The molecule has 0 atom stereocenters. The predicted molar refractivity (Wildman–Crippen MR) is 77.1 cm³/mol. The van der Waals surface area contributed by atoms with Gasteiger partial charge in [0, 0.05) is 5.56 Å². The summed E-state index contributed by atoms with van der Waals surface area (Å²) in [5, 5.41) is 0. The Labute approximate surface area is 115 Å². The summed E-state index contributed by atoms with van der Waals surface area (Å²) in [4.78, 5) is 11.4. The van der Waals surface area contributed by atoms with Crippen molar-refractivity contribution in [2.45, 2.75) is 34.6 Å². The van der Waals surface area contributed by atoms with Gasteiger partial charge in [-0.15, -0.1) is 0 Å². The molecule has 3 heteroatoms. The highest BCUT2D eigenvalue weighted by atomic mass is 16.5. The van der Waals surface area contributed by atoms with Crippen molar-refractivity contribution in [1.82, 2.24) is 0 Å². The van der Waals surface area contributed by atoms with Crippen LogP contribution in [0.4, 0.5) is 0 Å². The van der Waals surface area contributed by atoms with Crippen molar-refractivity contribution >= 4 is 5.78 Å². The zero-order valence-corrected chi connectivity index (χ0v) is 12.5. The van der Waals surface area contributed by atoms with Crippen LogP contribution in [0.15, 0.2) is 18.2 Å². The Bertz CT molecular complexity index is 422. The summed E-state index contributed by atoms with van der Waals surface area (Å²) in [5.41, 5.74) is 0.649. The second kappa shape index (κ2) is 7.17. The van der Waals surface area contributed by atoms with Gasteiger partial charge < -0.3 is 9.47 Å². The first kappa shape index (κ1) is 15.5. The molecule has 0 fully saturated rings. The Hall–Kier alpha value is -1.51. The molecule has 0 unspecified atom stereocenters. The zero-order chi connectivity index (χ0) is 14.4. The van der Waals surface area contributed by atoms with Crippen LogP contribution in [0.5, 0.6) is 11.5 Å². The van der Waals surface area contributed by atoms with Crippen molar-refractivity contribution in [1.29, 1.82) is 0 Å². The molecule has 0 amide bonds. The average Bonchev–Trinajstić information content (AvgIpc) is 2.33. The van der Waals surface area contributed by atoms with Gasteiger partial charge in [-0.3, -0.25) is 4.79 Å². The zero-order valence-electron chi connectivity index (χ0n) is 12.5. The number of benzene rings is 1. The van der Waals surface area contributed by atoms with Crippen molar-refractivity contribution in [2.75, 3.05) is 13.2 Å².